The smallest absolute Gasteiger partial charge is 0.350 e. The van der Waals surface area contributed by atoms with Gasteiger partial charge in [-0.2, -0.15) is 26.3 Å². The Morgan fingerprint density at radius 1 is 0.342 bits per heavy atom. The van der Waals surface area contributed by atoms with Crippen molar-refractivity contribution < 1.29 is 116 Å². The molecule has 0 amide bonds. The fourth-order valence-corrected chi connectivity index (χ4v) is 11.0. The molecule has 0 spiro atoms. The molecule has 27 heteroatoms. The number of carbonyl (C=O) groups is 1. The molecule has 0 N–H and O–H groups in total. The summed E-state index contributed by atoms with van der Waals surface area (Å²) in [5, 5.41) is 0. The fourth-order valence-electron chi connectivity index (χ4n) is 7.79. The molecule has 0 atom stereocenters. The third-order valence-electron chi connectivity index (χ3n) is 11.3. The lowest BCUT2D eigenvalue weighted by Crippen LogP contribution is -2.17. The first kappa shape index (κ1) is 56.6. The van der Waals surface area contributed by atoms with Gasteiger partial charge >= 0.3 is 5.97 Å². The minimum atomic E-state index is -4.03. The molecule has 79 heavy (non-hydrogen) atoms. The predicted octanol–water partition coefficient (Wildman–Crippen LogP) is 17.2. The zero-order valence-electron chi connectivity index (χ0n) is 38.9. The third-order valence-corrected chi connectivity index (χ3v) is 14.5. The molecule has 8 aromatic carbocycles. The SMILES string of the molecule is COc1c(C)cc(S(OC(=O)c2cc(Oc3c(F)c(F)c(F)c(F)c3F)c(Oc3c(F)c(F)c(F)c(F)c3F)c(Oc3c(F)c(F)c(F)c(F)c3F)c2-c2c(F)c(F)c(F)c(F)c2F)(c2ccccc2)c2ccccc2)cc1C. The predicted molar refractivity (Wildman–Crippen MR) is 234 cm³/mol. The van der Waals surface area contributed by atoms with E-state index in [9.17, 15) is 35.1 Å². The van der Waals surface area contributed by atoms with Crippen LogP contribution in [0.15, 0.2) is 93.5 Å². The van der Waals surface area contributed by atoms with Gasteiger partial charge in [0.1, 0.15) is 5.75 Å². The number of hydrogen-bond donors (Lipinski definition) is 0. The summed E-state index contributed by atoms with van der Waals surface area (Å²) in [5.41, 5.74) is -6.65. The van der Waals surface area contributed by atoms with Crippen molar-refractivity contribution in [2.75, 3.05) is 7.11 Å². The molecular weight excluding hydrogens is 1130 g/mol. The van der Waals surface area contributed by atoms with Gasteiger partial charge in [-0.25, -0.2) is 66.3 Å². The van der Waals surface area contributed by atoms with Crippen molar-refractivity contribution in [3.05, 3.63) is 212 Å². The van der Waals surface area contributed by atoms with E-state index in [1.807, 2.05) is 0 Å². The largest absolute Gasteiger partial charge is 0.496 e. The Labute approximate surface area is 430 Å². The van der Waals surface area contributed by atoms with Gasteiger partial charge in [0.25, 0.3) is 0 Å². The molecule has 0 aliphatic rings. The summed E-state index contributed by atoms with van der Waals surface area (Å²) in [5.74, 6) is -79.6. The van der Waals surface area contributed by atoms with Gasteiger partial charge in [-0.15, -0.1) is 0 Å². The van der Waals surface area contributed by atoms with Crippen LogP contribution >= 0.6 is 10.3 Å². The summed E-state index contributed by atoms with van der Waals surface area (Å²) in [6, 6.07) is 15.6. The number of halogens is 20. The fraction of sp³-hybridized carbons (Fsp3) is 0.0577. The second-order valence-electron chi connectivity index (χ2n) is 16.0. The number of methoxy groups -OCH3 is 1. The summed E-state index contributed by atoms with van der Waals surface area (Å²) in [6.45, 7) is 2.93. The zero-order chi connectivity index (χ0) is 58.0. The van der Waals surface area contributed by atoms with Crippen LogP contribution in [0.4, 0.5) is 87.8 Å². The molecule has 0 saturated carbocycles. The standard InChI is InChI=1S/C52H22F20O6S/c1-17-14-21(15-18(2)46(17)74-3)79(19-10-6-4-7-11-19,20-12-8-5-9-13-20)78-52(73)22-16-23(75-49-40(67)34(61)31(58)35(62)41(49)68)47(76-50-42(69)36(63)32(59)37(64)43(50)70)48(77-51-44(71)38(65)33(60)39(66)45(51)72)24(22)25-26(53)28(55)30(57)29(56)27(25)54/h4-16H,1-3H3. The molecule has 0 aromatic heterocycles. The average Bonchev–Trinajstić information content (AvgIpc) is 3.55. The monoisotopic (exact) mass is 1150 g/mol. The minimum absolute atomic E-state index is 0.0849. The summed E-state index contributed by atoms with van der Waals surface area (Å²) >= 11 is 0. The quantitative estimate of drug-likeness (QED) is 0.0651. The number of benzene rings is 8. The number of carbonyl (C=O) groups excluding carboxylic acids is 1. The van der Waals surface area contributed by atoms with E-state index in [0.717, 1.165) is 0 Å². The molecule has 412 valence electrons. The minimum Gasteiger partial charge on any atom is -0.496 e. The lowest BCUT2D eigenvalue weighted by molar-refractivity contribution is 0.0757. The molecule has 0 fully saturated rings. The van der Waals surface area contributed by atoms with Gasteiger partial charge in [-0.05, 0) is 71.7 Å². The third kappa shape index (κ3) is 9.27. The van der Waals surface area contributed by atoms with E-state index < -0.39 is 184 Å². The molecule has 0 heterocycles. The molecule has 6 nitrogen and oxygen atoms in total. The second-order valence-corrected chi connectivity index (χ2v) is 18.7. The van der Waals surface area contributed by atoms with Gasteiger partial charge in [0.05, 0.1) is 18.2 Å². The molecule has 0 aliphatic carbocycles. The van der Waals surface area contributed by atoms with Crippen molar-refractivity contribution >= 4 is 16.3 Å². The van der Waals surface area contributed by atoms with Crippen LogP contribution in [0.5, 0.6) is 40.2 Å². The molecular formula is C52H22F20O6S. The summed E-state index contributed by atoms with van der Waals surface area (Å²) in [7, 11) is -2.78. The summed E-state index contributed by atoms with van der Waals surface area (Å²) in [6.07, 6.45) is 0. The molecule has 0 aliphatic heterocycles. The van der Waals surface area contributed by atoms with Crippen LogP contribution in [0.3, 0.4) is 0 Å². The Bertz CT molecular complexity index is 3670. The van der Waals surface area contributed by atoms with Crippen LogP contribution in [0.1, 0.15) is 21.5 Å². The van der Waals surface area contributed by atoms with E-state index >= 15 is 57.5 Å². The maximum absolute atomic E-state index is 16.6. The summed E-state index contributed by atoms with van der Waals surface area (Å²) < 4.78 is 333. The van der Waals surface area contributed by atoms with Crippen molar-refractivity contribution in [2.45, 2.75) is 28.5 Å². The maximum atomic E-state index is 16.6. The highest BCUT2D eigenvalue weighted by Crippen LogP contribution is 2.70. The summed E-state index contributed by atoms with van der Waals surface area (Å²) in [4.78, 5) is 15.4. The molecule has 0 radical (unpaired) electrons. The van der Waals surface area contributed by atoms with E-state index in [1.54, 1.807) is 0 Å². The van der Waals surface area contributed by atoms with Crippen molar-refractivity contribution in [1.29, 1.82) is 0 Å². The Hall–Kier alpha value is -8.62. The topological polar surface area (TPSA) is 63.2 Å². The van der Waals surface area contributed by atoms with Crippen LogP contribution in [-0.4, -0.2) is 13.1 Å². The maximum Gasteiger partial charge on any atom is 0.350 e. The first-order valence-corrected chi connectivity index (χ1v) is 22.9. The van der Waals surface area contributed by atoms with Gasteiger partial charge in [-0.1, -0.05) is 36.4 Å². The first-order valence-electron chi connectivity index (χ1n) is 21.4. The van der Waals surface area contributed by atoms with Crippen LogP contribution in [-0.2, 0) is 4.18 Å². The number of hydrogen-bond acceptors (Lipinski definition) is 6. The lowest BCUT2D eigenvalue weighted by Gasteiger charge is -2.40. The van der Waals surface area contributed by atoms with E-state index in [-0.39, 0.29) is 37.6 Å². The first-order chi connectivity index (χ1) is 37.2. The van der Waals surface area contributed by atoms with Crippen LogP contribution < -0.4 is 18.9 Å². The van der Waals surface area contributed by atoms with E-state index in [0.29, 0.717) is 0 Å². The lowest BCUT2D eigenvalue weighted by atomic mass is 9.95. The van der Waals surface area contributed by atoms with Crippen molar-refractivity contribution in [2.24, 2.45) is 0 Å². The Morgan fingerprint density at radius 2 is 0.658 bits per heavy atom. The van der Waals surface area contributed by atoms with Gasteiger partial charge < -0.3 is 23.1 Å². The van der Waals surface area contributed by atoms with Gasteiger partial charge in [0, 0.05) is 26.3 Å². The molecule has 0 bridgehead atoms. The van der Waals surface area contributed by atoms with Crippen molar-refractivity contribution in [1.82, 2.24) is 0 Å². The van der Waals surface area contributed by atoms with Gasteiger partial charge in [0.15, 0.2) is 34.8 Å². The second kappa shape index (κ2) is 21.3. The number of ether oxygens (including phenoxy) is 4. The van der Waals surface area contributed by atoms with Crippen molar-refractivity contribution in [3.63, 3.8) is 0 Å². The van der Waals surface area contributed by atoms with E-state index in [4.69, 9.17) is 23.1 Å². The Balaban J connectivity index is 1.64. The van der Waals surface area contributed by atoms with Gasteiger partial charge in [0.2, 0.25) is 116 Å². The van der Waals surface area contributed by atoms with Crippen LogP contribution in [0, 0.1) is 130 Å². The number of rotatable bonds is 13. The normalized spacial score (nSPS) is 11.7. The Kier molecular flexibility index (Phi) is 15.3. The van der Waals surface area contributed by atoms with Gasteiger partial charge in [-0.3, -0.25) is 0 Å². The average molecular weight is 1150 g/mol. The zero-order valence-corrected chi connectivity index (χ0v) is 39.7. The molecule has 0 unspecified atom stereocenters. The highest BCUT2D eigenvalue weighted by atomic mass is 32.3. The van der Waals surface area contributed by atoms with Crippen molar-refractivity contribution in [3.8, 4) is 51.4 Å². The highest BCUT2D eigenvalue weighted by molar-refractivity contribution is 8.30. The van der Waals surface area contributed by atoms with E-state index in [2.05, 4.69) is 0 Å². The molecule has 8 aromatic rings. The number of aryl methyl sites for hydroxylation is 2. The van der Waals surface area contributed by atoms with E-state index in [1.165, 1.54) is 93.8 Å². The molecule has 0 saturated heterocycles. The van der Waals surface area contributed by atoms with Crippen LogP contribution in [0.25, 0.3) is 11.1 Å². The highest BCUT2D eigenvalue weighted by Gasteiger charge is 2.43. The molecule has 8 rings (SSSR count). The Morgan fingerprint density at radius 3 is 1.01 bits per heavy atom. The van der Waals surface area contributed by atoms with Crippen LogP contribution in [0.2, 0.25) is 0 Å².